The van der Waals surface area contributed by atoms with Gasteiger partial charge in [0.25, 0.3) is 5.91 Å². The Morgan fingerprint density at radius 3 is 2.77 bits per heavy atom. The van der Waals surface area contributed by atoms with Gasteiger partial charge in [-0.15, -0.1) is 0 Å². The summed E-state index contributed by atoms with van der Waals surface area (Å²) in [7, 11) is -3.97. The Bertz CT molecular complexity index is 1170. The van der Waals surface area contributed by atoms with E-state index in [-0.39, 0.29) is 23.0 Å². The zero-order chi connectivity index (χ0) is 22.3. The number of carbonyl (C=O) groups excluding carboxylic acids is 2. The fourth-order valence-electron chi connectivity index (χ4n) is 3.71. The van der Waals surface area contributed by atoms with Crippen molar-refractivity contribution >= 4 is 44.8 Å². The third-order valence-electron chi connectivity index (χ3n) is 5.38. The third-order valence-corrected chi connectivity index (χ3v) is 7.59. The molecule has 0 unspecified atom stereocenters. The summed E-state index contributed by atoms with van der Waals surface area (Å²) in [5.41, 5.74) is 1.67. The van der Waals surface area contributed by atoms with Crippen molar-refractivity contribution in [1.29, 1.82) is 0 Å². The van der Waals surface area contributed by atoms with Crippen LogP contribution in [0.4, 0.5) is 11.4 Å². The van der Waals surface area contributed by atoms with E-state index >= 15 is 0 Å². The summed E-state index contributed by atoms with van der Waals surface area (Å²) in [6, 6.07) is 8.66. The van der Waals surface area contributed by atoms with Gasteiger partial charge in [-0.05, 0) is 62.6 Å². The molecule has 0 spiro atoms. The highest BCUT2D eigenvalue weighted by Gasteiger charge is 2.40. The molecule has 0 bridgehead atoms. The van der Waals surface area contributed by atoms with Crippen LogP contribution in [0.2, 0.25) is 5.02 Å². The van der Waals surface area contributed by atoms with Crippen LogP contribution in [-0.4, -0.2) is 43.2 Å². The Hall–Kier alpha value is -2.62. The van der Waals surface area contributed by atoms with Crippen molar-refractivity contribution in [2.45, 2.75) is 43.7 Å². The first-order valence-electron chi connectivity index (χ1n) is 9.87. The monoisotopic (exact) mass is 463 g/mol. The molecule has 8 nitrogen and oxygen atoms in total. The largest absolute Gasteiger partial charge is 0.479 e. The van der Waals surface area contributed by atoms with E-state index in [1.54, 1.807) is 19.1 Å². The number of rotatable bonds is 4. The average Bonchev–Trinajstić information content (AvgIpc) is 3.21. The van der Waals surface area contributed by atoms with Gasteiger partial charge in [0.1, 0.15) is 11.8 Å². The Morgan fingerprint density at radius 1 is 1.26 bits per heavy atom. The van der Waals surface area contributed by atoms with Gasteiger partial charge in [0.15, 0.2) is 6.10 Å². The van der Waals surface area contributed by atoms with E-state index in [1.165, 1.54) is 22.5 Å². The maximum Gasteiger partial charge on any atom is 0.265 e. The summed E-state index contributed by atoms with van der Waals surface area (Å²) in [6.45, 7) is 3.71. The molecule has 2 heterocycles. The van der Waals surface area contributed by atoms with E-state index in [2.05, 4.69) is 10.6 Å². The first-order chi connectivity index (χ1) is 14.7. The van der Waals surface area contributed by atoms with Crippen molar-refractivity contribution in [1.82, 2.24) is 4.31 Å². The van der Waals surface area contributed by atoms with E-state index in [1.807, 2.05) is 13.0 Å². The smallest absolute Gasteiger partial charge is 0.265 e. The summed E-state index contributed by atoms with van der Waals surface area (Å²) in [5, 5.41) is 5.78. The number of benzene rings is 2. The summed E-state index contributed by atoms with van der Waals surface area (Å²) in [6.07, 6.45) is 0.299. The zero-order valence-electron chi connectivity index (χ0n) is 17.0. The maximum atomic E-state index is 13.3. The van der Waals surface area contributed by atoms with Crippen LogP contribution in [-0.2, 0) is 19.6 Å². The van der Waals surface area contributed by atoms with Crippen molar-refractivity contribution in [2.75, 3.05) is 17.2 Å². The summed E-state index contributed by atoms with van der Waals surface area (Å²) in [4.78, 5) is 24.8. The van der Waals surface area contributed by atoms with Crippen molar-refractivity contribution in [3.8, 4) is 5.75 Å². The van der Waals surface area contributed by atoms with E-state index in [0.717, 1.165) is 5.56 Å². The first kappa shape index (κ1) is 21.6. The Balaban J connectivity index is 1.58. The first-order valence-corrected chi connectivity index (χ1v) is 11.7. The number of ether oxygens (including phenoxy) is 1. The number of sulfonamides is 1. The van der Waals surface area contributed by atoms with Gasteiger partial charge >= 0.3 is 0 Å². The zero-order valence-corrected chi connectivity index (χ0v) is 18.6. The molecule has 2 aromatic carbocycles. The maximum absolute atomic E-state index is 13.3. The van der Waals surface area contributed by atoms with Gasteiger partial charge in [-0.25, -0.2) is 8.42 Å². The molecule has 1 fully saturated rings. The van der Waals surface area contributed by atoms with Gasteiger partial charge in [0, 0.05) is 6.54 Å². The minimum Gasteiger partial charge on any atom is -0.479 e. The molecule has 2 N–H and O–H groups in total. The molecular weight excluding hydrogens is 442 g/mol. The predicted molar refractivity (Wildman–Crippen MR) is 117 cm³/mol. The SMILES string of the molecule is Cc1ccc(NC(=O)[C@H]2CCCN2S(=O)(=O)c2ccc3c(c2)NC(=O)[C@@H](C)O3)c(Cl)c1. The number of aryl methyl sites for hydroxylation is 1. The lowest BCUT2D eigenvalue weighted by Gasteiger charge is -2.26. The number of fused-ring (bicyclic) bond motifs is 1. The molecule has 0 saturated carbocycles. The standard InChI is InChI=1S/C21H22ClN3O5S/c1-12-5-7-16(15(22)10-12)23-21(27)18-4-3-9-25(18)31(28,29)14-6-8-19-17(11-14)24-20(26)13(2)30-19/h5-8,10-11,13,18H,3-4,9H2,1-2H3,(H,23,27)(H,24,26)/t13-,18-/m1/s1. The van der Waals surface area contributed by atoms with E-state index in [0.29, 0.717) is 29.3 Å². The highest BCUT2D eigenvalue weighted by molar-refractivity contribution is 7.89. The van der Waals surface area contributed by atoms with Crippen LogP contribution in [0, 0.1) is 6.92 Å². The summed E-state index contributed by atoms with van der Waals surface area (Å²) < 4.78 is 33.3. The van der Waals surface area contributed by atoms with Gasteiger partial charge in [-0.3, -0.25) is 9.59 Å². The fraction of sp³-hybridized carbons (Fsp3) is 0.333. The number of halogens is 1. The molecular formula is C21H22ClN3O5S. The molecule has 1 saturated heterocycles. The van der Waals surface area contributed by atoms with Crippen LogP contribution in [0.3, 0.4) is 0 Å². The molecule has 4 rings (SSSR count). The number of anilines is 2. The molecule has 2 aromatic rings. The second-order valence-corrected chi connectivity index (χ2v) is 9.95. The second kappa shape index (κ2) is 8.14. The minimum absolute atomic E-state index is 0.0160. The van der Waals surface area contributed by atoms with Gasteiger partial charge < -0.3 is 15.4 Å². The van der Waals surface area contributed by atoms with Crippen molar-refractivity contribution in [3.63, 3.8) is 0 Å². The Morgan fingerprint density at radius 2 is 2.03 bits per heavy atom. The molecule has 31 heavy (non-hydrogen) atoms. The molecule has 2 aliphatic rings. The molecule has 10 heteroatoms. The highest BCUT2D eigenvalue weighted by atomic mass is 35.5. The molecule has 0 radical (unpaired) electrons. The van der Waals surface area contributed by atoms with Gasteiger partial charge in [-0.2, -0.15) is 4.31 Å². The number of hydrogen-bond donors (Lipinski definition) is 2. The summed E-state index contributed by atoms with van der Waals surface area (Å²) >= 11 is 6.20. The number of nitrogens with one attached hydrogen (secondary N) is 2. The van der Waals surface area contributed by atoms with Gasteiger partial charge in [-0.1, -0.05) is 17.7 Å². The number of nitrogens with zero attached hydrogens (tertiary/aromatic N) is 1. The predicted octanol–water partition coefficient (Wildman–Crippen LogP) is 3.16. The van der Waals surface area contributed by atoms with E-state index in [4.69, 9.17) is 16.3 Å². The third kappa shape index (κ3) is 4.13. The number of hydrogen-bond acceptors (Lipinski definition) is 5. The van der Waals surface area contributed by atoms with Crippen LogP contribution in [0.25, 0.3) is 0 Å². The van der Waals surface area contributed by atoms with Crippen LogP contribution in [0.1, 0.15) is 25.3 Å². The molecule has 0 aromatic heterocycles. The molecule has 2 aliphatic heterocycles. The van der Waals surface area contributed by atoms with Crippen molar-refractivity contribution in [3.05, 3.63) is 47.0 Å². The minimum atomic E-state index is -3.97. The topological polar surface area (TPSA) is 105 Å². The molecule has 2 amide bonds. The quantitative estimate of drug-likeness (QED) is 0.724. The average molecular weight is 464 g/mol. The van der Waals surface area contributed by atoms with Gasteiger partial charge in [0.05, 0.1) is 21.3 Å². The fourth-order valence-corrected chi connectivity index (χ4v) is 5.68. The molecule has 164 valence electrons. The van der Waals surface area contributed by atoms with Crippen LogP contribution in [0.15, 0.2) is 41.3 Å². The van der Waals surface area contributed by atoms with Crippen molar-refractivity contribution < 1.29 is 22.7 Å². The Kier molecular flexibility index (Phi) is 5.67. The normalized spacial score (nSPS) is 21.2. The Labute approximate surface area is 185 Å². The highest BCUT2D eigenvalue weighted by Crippen LogP contribution is 2.35. The lowest BCUT2D eigenvalue weighted by molar-refractivity contribution is -0.122. The number of carbonyl (C=O) groups is 2. The van der Waals surface area contributed by atoms with Crippen LogP contribution in [0.5, 0.6) is 5.75 Å². The molecule has 2 atom stereocenters. The van der Waals surface area contributed by atoms with Crippen molar-refractivity contribution in [2.24, 2.45) is 0 Å². The van der Waals surface area contributed by atoms with E-state index in [9.17, 15) is 18.0 Å². The van der Waals surface area contributed by atoms with Gasteiger partial charge in [0.2, 0.25) is 15.9 Å². The van der Waals surface area contributed by atoms with Crippen LogP contribution >= 0.6 is 11.6 Å². The van der Waals surface area contributed by atoms with E-state index < -0.39 is 28.1 Å². The second-order valence-electron chi connectivity index (χ2n) is 7.65. The molecule has 0 aliphatic carbocycles. The number of amides is 2. The lowest BCUT2D eigenvalue weighted by atomic mass is 10.2. The lowest BCUT2D eigenvalue weighted by Crippen LogP contribution is -2.43. The van der Waals surface area contributed by atoms with Crippen LogP contribution < -0.4 is 15.4 Å². The summed E-state index contributed by atoms with van der Waals surface area (Å²) in [5.74, 6) is -0.388.